The van der Waals surface area contributed by atoms with E-state index in [1.807, 2.05) is 0 Å². The Labute approximate surface area is 85.5 Å². The van der Waals surface area contributed by atoms with E-state index in [0.29, 0.717) is 0 Å². The molecule has 0 atom stereocenters. The molecule has 0 heterocycles. The lowest BCUT2D eigenvalue weighted by Crippen LogP contribution is -2.19. The molecule has 0 saturated carbocycles. The predicted molar refractivity (Wildman–Crippen MR) is 57.2 cm³/mol. The molecule has 0 amide bonds. The van der Waals surface area contributed by atoms with Crippen LogP contribution in [0, 0.1) is 0 Å². The van der Waals surface area contributed by atoms with Crippen LogP contribution in [0.3, 0.4) is 0 Å². The third-order valence-corrected chi connectivity index (χ3v) is 1.37. The molecule has 0 aliphatic carbocycles. The van der Waals surface area contributed by atoms with E-state index in [9.17, 15) is 0 Å². The van der Waals surface area contributed by atoms with Crippen LogP contribution in [-0.4, -0.2) is 48.6 Å². The van der Waals surface area contributed by atoms with Gasteiger partial charge in [0.05, 0.1) is 0 Å². The number of nitrogens with two attached hydrogens (primary N) is 2. The molecule has 0 bridgehead atoms. The van der Waals surface area contributed by atoms with E-state index in [-0.39, 0.29) is 0 Å². The van der Waals surface area contributed by atoms with E-state index in [1.165, 1.54) is 6.42 Å². The summed E-state index contributed by atoms with van der Waals surface area (Å²) in [5, 5.41) is 24.8. The van der Waals surface area contributed by atoms with Gasteiger partial charge < -0.3 is 31.9 Å². The number of unbranched alkanes of at least 4 members (excludes halogenated alkanes) is 1. The predicted octanol–water partition coefficient (Wildman–Crippen LogP) is -2.39. The molecule has 0 aliphatic rings. The second kappa shape index (κ2) is 15.3. The van der Waals surface area contributed by atoms with Gasteiger partial charge in [-0.3, -0.25) is 0 Å². The molecule has 7 heteroatoms. The first kappa shape index (κ1) is 16.3. The molecule has 86 valence electrons. The van der Waals surface area contributed by atoms with Gasteiger partial charge in [-0.15, -0.1) is 0 Å². The van der Waals surface area contributed by atoms with Crippen LogP contribution < -0.4 is 16.8 Å². The molecule has 0 aromatic heterocycles. The summed E-state index contributed by atoms with van der Waals surface area (Å²) in [7, 11) is -2.17. The maximum absolute atomic E-state index is 7.17. The Morgan fingerprint density at radius 2 is 1.29 bits per heavy atom. The van der Waals surface area contributed by atoms with Crippen LogP contribution in [-0.2, 0) is 0 Å². The van der Waals surface area contributed by atoms with Crippen molar-refractivity contribution in [2.24, 2.45) is 11.5 Å². The smallest absolute Gasteiger partial charge is 0.402 e. The molecule has 0 rings (SSSR count). The van der Waals surface area contributed by atoms with Gasteiger partial charge in [-0.1, -0.05) is 0 Å². The van der Waals surface area contributed by atoms with Gasteiger partial charge in [-0.05, 0) is 45.4 Å². The number of hydrogen-bond acceptors (Lipinski definition) is 6. The highest BCUT2D eigenvalue weighted by molar-refractivity contribution is 6.30. The normalized spacial score (nSPS) is 9.21. The number of hydrogen-bond donors (Lipinski definition) is 6. The maximum atomic E-state index is 7.17. The minimum absolute atomic E-state index is 0.782. The zero-order valence-electron chi connectivity index (χ0n) is 8.52. The van der Waals surface area contributed by atoms with E-state index in [0.717, 1.165) is 39.0 Å². The van der Waals surface area contributed by atoms with E-state index in [1.54, 1.807) is 0 Å². The summed E-state index contributed by atoms with van der Waals surface area (Å²) in [5.41, 5.74) is 10.6. The Balaban J connectivity index is 0. The van der Waals surface area contributed by atoms with Gasteiger partial charge in [0, 0.05) is 0 Å². The van der Waals surface area contributed by atoms with Crippen LogP contribution in [0.1, 0.15) is 19.3 Å². The lowest BCUT2D eigenvalue weighted by atomic mass is 10.3. The Kier molecular flexibility index (Phi) is 17.8. The van der Waals surface area contributed by atoms with Crippen molar-refractivity contribution in [2.45, 2.75) is 19.3 Å². The van der Waals surface area contributed by atoms with Crippen molar-refractivity contribution < 1.29 is 15.1 Å². The fourth-order valence-corrected chi connectivity index (χ4v) is 0.746. The number of nitrogens with one attached hydrogen (secondary N) is 1. The highest BCUT2D eigenvalue weighted by atomic mass is 16.5. The molecular formula is C7H22BN3O3. The molecular weight excluding hydrogens is 185 g/mol. The zero-order chi connectivity index (χ0) is 11.2. The molecule has 0 unspecified atom stereocenters. The highest BCUT2D eigenvalue weighted by Crippen LogP contribution is 1.81. The summed E-state index contributed by atoms with van der Waals surface area (Å²) in [6, 6.07) is 0. The Morgan fingerprint density at radius 1 is 0.857 bits per heavy atom. The molecule has 14 heavy (non-hydrogen) atoms. The zero-order valence-corrected chi connectivity index (χ0v) is 8.52. The molecule has 0 radical (unpaired) electrons. The van der Waals surface area contributed by atoms with Gasteiger partial charge in [0.25, 0.3) is 0 Å². The third kappa shape index (κ3) is 29.7. The summed E-state index contributed by atoms with van der Waals surface area (Å²) in [5.74, 6) is 0. The average molecular weight is 207 g/mol. The second-order valence-electron chi connectivity index (χ2n) is 2.73. The minimum atomic E-state index is -2.17. The van der Waals surface area contributed by atoms with Gasteiger partial charge >= 0.3 is 7.32 Å². The molecule has 0 aromatic rings. The standard InChI is InChI=1S/C7H19N3.BH3O3/c8-4-1-2-6-10-7-3-5-9;2-1(3)4/h10H,1-9H2;2-4H. The summed E-state index contributed by atoms with van der Waals surface area (Å²) in [4.78, 5) is 0. The van der Waals surface area contributed by atoms with E-state index in [2.05, 4.69) is 5.32 Å². The first-order chi connectivity index (χ1) is 6.65. The number of rotatable bonds is 7. The Hall–Kier alpha value is -0.175. The summed E-state index contributed by atoms with van der Waals surface area (Å²) in [6.07, 6.45) is 3.37. The molecule has 0 saturated heterocycles. The van der Waals surface area contributed by atoms with E-state index in [4.69, 9.17) is 26.5 Å². The van der Waals surface area contributed by atoms with Crippen molar-refractivity contribution in [3.05, 3.63) is 0 Å². The van der Waals surface area contributed by atoms with Crippen molar-refractivity contribution in [3.63, 3.8) is 0 Å². The Morgan fingerprint density at radius 3 is 1.71 bits per heavy atom. The van der Waals surface area contributed by atoms with Crippen LogP contribution >= 0.6 is 0 Å². The quantitative estimate of drug-likeness (QED) is 0.204. The maximum Gasteiger partial charge on any atom is 0.631 e. The van der Waals surface area contributed by atoms with Gasteiger partial charge in [0.2, 0.25) is 0 Å². The van der Waals surface area contributed by atoms with Crippen LogP contribution in [0.5, 0.6) is 0 Å². The monoisotopic (exact) mass is 207 g/mol. The Bertz CT molecular complexity index is 87.5. The molecule has 0 aliphatic heterocycles. The summed E-state index contributed by atoms with van der Waals surface area (Å²) in [6.45, 7) is 3.71. The highest BCUT2D eigenvalue weighted by Gasteiger charge is 1.92. The van der Waals surface area contributed by atoms with Gasteiger partial charge in [-0.25, -0.2) is 0 Å². The summed E-state index contributed by atoms with van der Waals surface area (Å²) < 4.78 is 0. The van der Waals surface area contributed by atoms with Crippen LogP contribution in [0.4, 0.5) is 0 Å². The van der Waals surface area contributed by atoms with Gasteiger partial charge in [-0.2, -0.15) is 0 Å². The molecule has 8 N–H and O–H groups in total. The van der Waals surface area contributed by atoms with Crippen molar-refractivity contribution >= 4 is 7.32 Å². The van der Waals surface area contributed by atoms with Gasteiger partial charge in [0.15, 0.2) is 0 Å². The van der Waals surface area contributed by atoms with E-state index >= 15 is 0 Å². The van der Waals surface area contributed by atoms with Crippen molar-refractivity contribution in [1.82, 2.24) is 5.32 Å². The topological polar surface area (TPSA) is 125 Å². The van der Waals surface area contributed by atoms with Crippen LogP contribution in [0.25, 0.3) is 0 Å². The lowest BCUT2D eigenvalue weighted by Gasteiger charge is -2.01. The fourth-order valence-electron chi connectivity index (χ4n) is 0.746. The summed E-state index contributed by atoms with van der Waals surface area (Å²) >= 11 is 0. The van der Waals surface area contributed by atoms with Crippen LogP contribution in [0.15, 0.2) is 0 Å². The van der Waals surface area contributed by atoms with Crippen molar-refractivity contribution in [2.75, 3.05) is 26.2 Å². The second-order valence-corrected chi connectivity index (χ2v) is 2.73. The first-order valence-corrected chi connectivity index (χ1v) is 4.80. The van der Waals surface area contributed by atoms with E-state index < -0.39 is 7.32 Å². The molecule has 6 nitrogen and oxygen atoms in total. The van der Waals surface area contributed by atoms with Crippen molar-refractivity contribution in [1.29, 1.82) is 0 Å². The largest absolute Gasteiger partial charge is 0.631 e. The molecule has 0 aromatic carbocycles. The SMILES string of the molecule is NCCCCNCCCN.OB(O)O. The third-order valence-electron chi connectivity index (χ3n) is 1.37. The first-order valence-electron chi connectivity index (χ1n) is 4.80. The van der Waals surface area contributed by atoms with Gasteiger partial charge in [0.1, 0.15) is 0 Å². The molecule has 0 spiro atoms. The fraction of sp³-hybridized carbons (Fsp3) is 1.00. The average Bonchev–Trinajstić information content (AvgIpc) is 2.10. The molecule has 0 fully saturated rings. The van der Waals surface area contributed by atoms with Crippen LogP contribution in [0.2, 0.25) is 0 Å². The van der Waals surface area contributed by atoms with Crippen molar-refractivity contribution in [3.8, 4) is 0 Å². The minimum Gasteiger partial charge on any atom is -0.402 e. The lowest BCUT2D eigenvalue weighted by molar-refractivity contribution is 0.278.